The molecule has 1 heterocycles. The maximum Gasteiger partial charge on any atom is 0.348 e. The Hall–Kier alpha value is -2.11. The molecule has 0 spiro atoms. The molecule has 0 atom stereocenters. The summed E-state index contributed by atoms with van der Waals surface area (Å²) >= 11 is 0. The van der Waals surface area contributed by atoms with Gasteiger partial charge < -0.3 is 10.5 Å². The molecule has 106 valence electrons. The number of aromatic amines is 1. The van der Waals surface area contributed by atoms with Crippen LogP contribution in [0.5, 0.6) is 0 Å². The van der Waals surface area contributed by atoms with Crippen LogP contribution in [-0.4, -0.2) is 41.0 Å². The third-order valence-corrected chi connectivity index (χ3v) is 4.35. The molecule has 1 aliphatic carbocycles. The molecular weight excluding hydrogens is 276 g/mol. The minimum atomic E-state index is -3.48. The van der Waals surface area contributed by atoms with Crippen LogP contribution in [0.3, 0.4) is 0 Å². The highest BCUT2D eigenvalue weighted by Gasteiger charge is 2.34. The van der Waals surface area contributed by atoms with E-state index in [-0.39, 0.29) is 12.3 Å². The van der Waals surface area contributed by atoms with Gasteiger partial charge in [0.2, 0.25) is 10.0 Å². The fraction of sp³-hybridized carbons (Fsp3) is 0.308. The molecule has 0 saturated carbocycles. The van der Waals surface area contributed by atoms with E-state index >= 15 is 0 Å². The summed E-state index contributed by atoms with van der Waals surface area (Å²) in [6.45, 7) is 5.57. The molecule has 0 amide bonds. The summed E-state index contributed by atoms with van der Waals surface area (Å²) in [5.41, 5.74) is 12.5. The van der Waals surface area contributed by atoms with E-state index in [1.165, 1.54) is 10.4 Å². The quantitative estimate of drug-likeness (QED) is 0.514. The monoisotopic (exact) mass is 292 g/mol. The fourth-order valence-corrected chi connectivity index (χ4v) is 3.24. The number of hydrogen-bond donors (Lipinski definition) is 1. The standard InChI is InChI=1S/C13H16N4O2S/c1-4-7-17(20(3,18)19)11-6-5-10-12(13(11)16-14)9(2)8-15-10/h4,6,8,15H,1,5,7H2,2-3H3. The van der Waals surface area contributed by atoms with E-state index in [9.17, 15) is 13.9 Å². The number of fused-ring (bicyclic) bond motifs is 1. The lowest BCUT2D eigenvalue weighted by molar-refractivity contribution is -0.00470. The summed E-state index contributed by atoms with van der Waals surface area (Å²) in [6, 6.07) is 0. The molecule has 1 aliphatic rings. The van der Waals surface area contributed by atoms with Crippen molar-refractivity contribution in [2.24, 2.45) is 0 Å². The maximum atomic E-state index is 11.9. The van der Waals surface area contributed by atoms with Crippen molar-refractivity contribution < 1.29 is 13.2 Å². The first kappa shape index (κ1) is 14.3. The van der Waals surface area contributed by atoms with Gasteiger partial charge in [0.15, 0.2) is 0 Å². The van der Waals surface area contributed by atoms with Crippen LogP contribution >= 0.6 is 0 Å². The van der Waals surface area contributed by atoms with Crippen molar-refractivity contribution >= 4 is 15.7 Å². The Morgan fingerprint density at radius 3 is 2.85 bits per heavy atom. The van der Waals surface area contributed by atoms with Gasteiger partial charge in [-0.15, -0.1) is 6.58 Å². The zero-order chi connectivity index (χ0) is 14.9. The van der Waals surface area contributed by atoms with Gasteiger partial charge in [0, 0.05) is 18.3 Å². The zero-order valence-electron chi connectivity index (χ0n) is 11.4. The Balaban J connectivity index is 2.58. The van der Waals surface area contributed by atoms with Crippen LogP contribution in [0.25, 0.3) is 5.53 Å². The van der Waals surface area contributed by atoms with Crippen LogP contribution in [0.4, 0.5) is 0 Å². The van der Waals surface area contributed by atoms with Crippen molar-refractivity contribution in [1.29, 1.82) is 0 Å². The van der Waals surface area contributed by atoms with Crippen LogP contribution < -0.4 is 0 Å². The lowest BCUT2D eigenvalue weighted by Crippen LogP contribution is -2.35. The molecule has 1 aromatic rings. The average Bonchev–Trinajstić information content (AvgIpc) is 2.76. The molecule has 0 saturated heterocycles. The van der Waals surface area contributed by atoms with Gasteiger partial charge in [0.25, 0.3) is 0 Å². The Labute approximate surface area is 118 Å². The van der Waals surface area contributed by atoms with Crippen molar-refractivity contribution in [1.82, 2.24) is 9.29 Å². The van der Waals surface area contributed by atoms with E-state index in [4.69, 9.17) is 0 Å². The second-order valence-electron chi connectivity index (χ2n) is 4.65. The van der Waals surface area contributed by atoms with Crippen LogP contribution in [0.2, 0.25) is 0 Å². The smallest absolute Gasteiger partial charge is 0.348 e. The molecule has 0 bridgehead atoms. The molecule has 0 radical (unpaired) electrons. The third kappa shape index (κ3) is 2.33. The lowest BCUT2D eigenvalue weighted by atomic mass is 9.96. The van der Waals surface area contributed by atoms with E-state index in [2.05, 4.69) is 16.4 Å². The Kier molecular flexibility index (Phi) is 3.65. The minimum Gasteiger partial charge on any atom is -0.364 e. The first-order valence-corrected chi connectivity index (χ1v) is 7.93. The van der Waals surface area contributed by atoms with Gasteiger partial charge in [-0.05, 0) is 18.6 Å². The molecule has 0 aliphatic heterocycles. The highest BCUT2D eigenvalue weighted by molar-refractivity contribution is 7.88. The highest BCUT2D eigenvalue weighted by Crippen LogP contribution is 2.26. The van der Waals surface area contributed by atoms with E-state index < -0.39 is 10.0 Å². The van der Waals surface area contributed by atoms with E-state index in [0.717, 1.165) is 23.1 Å². The summed E-state index contributed by atoms with van der Waals surface area (Å²) in [5, 5.41) is 0. The molecule has 0 aromatic carbocycles. The fourth-order valence-electron chi connectivity index (χ4n) is 2.34. The number of rotatable bonds is 4. The van der Waals surface area contributed by atoms with Crippen molar-refractivity contribution in [2.45, 2.75) is 13.3 Å². The Morgan fingerprint density at radius 2 is 2.30 bits per heavy atom. The van der Waals surface area contributed by atoms with E-state index in [0.29, 0.717) is 12.1 Å². The van der Waals surface area contributed by atoms with Gasteiger partial charge in [-0.1, -0.05) is 6.08 Å². The van der Waals surface area contributed by atoms with E-state index in [1.54, 1.807) is 6.08 Å². The number of sulfonamides is 1. The predicted octanol–water partition coefficient (Wildman–Crippen LogP) is 1.23. The number of nitrogens with one attached hydrogen (secondary N) is 1. The number of aromatic nitrogens is 1. The molecular formula is C13H16N4O2S. The first-order valence-electron chi connectivity index (χ1n) is 6.08. The van der Waals surface area contributed by atoms with Crippen LogP contribution in [-0.2, 0) is 16.4 Å². The van der Waals surface area contributed by atoms with Crippen LogP contribution in [0, 0.1) is 6.92 Å². The third-order valence-electron chi connectivity index (χ3n) is 3.20. The van der Waals surface area contributed by atoms with Crippen LogP contribution in [0.15, 0.2) is 30.6 Å². The number of aryl methyl sites for hydroxylation is 1. The first-order chi connectivity index (χ1) is 9.40. The predicted molar refractivity (Wildman–Crippen MR) is 76.8 cm³/mol. The second-order valence-corrected chi connectivity index (χ2v) is 6.56. The topological polar surface area (TPSA) is 89.6 Å². The molecule has 2 rings (SSSR count). The summed E-state index contributed by atoms with van der Waals surface area (Å²) in [6.07, 6.45) is 6.71. The zero-order valence-corrected chi connectivity index (χ0v) is 12.2. The Morgan fingerprint density at radius 1 is 1.60 bits per heavy atom. The molecule has 7 heteroatoms. The SMILES string of the molecule is C=CCN(C1=CCc2[nH]cc(C)c2C1=[N+]=[N-])S(C)(=O)=O. The average molecular weight is 292 g/mol. The van der Waals surface area contributed by atoms with Gasteiger partial charge in [0.1, 0.15) is 5.70 Å². The highest BCUT2D eigenvalue weighted by atomic mass is 32.2. The van der Waals surface area contributed by atoms with E-state index in [1.807, 2.05) is 13.1 Å². The van der Waals surface area contributed by atoms with Crippen molar-refractivity contribution in [3.63, 3.8) is 0 Å². The van der Waals surface area contributed by atoms with Gasteiger partial charge in [-0.3, -0.25) is 4.31 Å². The number of H-pyrrole nitrogens is 1. The number of allylic oxidation sites excluding steroid dienone is 2. The Bertz CT molecular complexity index is 736. The summed E-state index contributed by atoms with van der Waals surface area (Å²) < 4.78 is 25.0. The summed E-state index contributed by atoms with van der Waals surface area (Å²) in [4.78, 5) is 6.40. The minimum absolute atomic E-state index is 0.127. The molecule has 20 heavy (non-hydrogen) atoms. The molecule has 0 fully saturated rings. The maximum absolute atomic E-state index is 11.9. The lowest BCUT2D eigenvalue weighted by Gasteiger charge is -2.23. The molecule has 1 aromatic heterocycles. The van der Waals surface area contributed by atoms with Crippen molar-refractivity contribution in [3.05, 3.63) is 53.0 Å². The van der Waals surface area contributed by atoms with Crippen molar-refractivity contribution in [3.8, 4) is 0 Å². The largest absolute Gasteiger partial charge is 0.364 e. The van der Waals surface area contributed by atoms with Gasteiger partial charge in [-0.2, -0.15) is 4.79 Å². The van der Waals surface area contributed by atoms with Gasteiger partial charge >= 0.3 is 5.71 Å². The van der Waals surface area contributed by atoms with Crippen LogP contribution in [0.1, 0.15) is 16.8 Å². The van der Waals surface area contributed by atoms with Gasteiger partial charge in [-0.25, -0.2) is 8.42 Å². The molecule has 6 nitrogen and oxygen atoms in total. The summed E-state index contributed by atoms with van der Waals surface area (Å²) in [7, 11) is -3.48. The summed E-state index contributed by atoms with van der Waals surface area (Å²) in [5.74, 6) is 0. The number of hydrogen-bond acceptors (Lipinski definition) is 2. The second kappa shape index (κ2) is 5.11. The number of nitrogens with zero attached hydrogens (tertiary/aromatic N) is 3. The normalized spacial score (nSPS) is 14.3. The van der Waals surface area contributed by atoms with Crippen molar-refractivity contribution in [2.75, 3.05) is 12.8 Å². The molecule has 0 unspecified atom stereocenters. The molecule has 1 N–H and O–H groups in total. The van der Waals surface area contributed by atoms with Gasteiger partial charge in [0.05, 0.1) is 18.4 Å².